The molecule has 0 aliphatic carbocycles. The van der Waals surface area contributed by atoms with Gasteiger partial charge in [-0.2, -0.15) is 0 Å². The van der Waals surface area contributed by atoms with Crippen molar-refractivity contribution >= 4 is 10.0 Å². The number of fused-ring (bicyclic) bond motifs is 1. The fraction of sp³-hybridized carbons (Fsp3) is 0.294. The van der Waals surface area contributed by atoms with Gasteiger partial charge in [0.15, 0.2) is 0 Å². The molecule has 0 saturated carbocycles. The third kappa shape index (κ3) is 3.72. The number of aliphatic hydroxyl groups is 1. The van der Waals surface area contributed by atoms with Crippen LogP contribution in [0.3, 0.4) is 0 Å². The smallest absolute Gasteiger partial charge is 0.215 e. The minimum atomic E-state index is -3.53. The first-order valence-electron chi connectivity index (χ1n) is 7.44. The van der Waals surface area contributed by atoms with Gasteiger partial charge in [0.1, 0.15) is 11.4 Å². The van der Waals surface area contributed by atoms with Crippen LogP contribution in [0.2, 0.25) is 0 Å². The highest BCUT2D eigenvalue weighted by Crippen LogP contribution is 2.36. The van der Waals surface area contributed by atoms with Gasteiger partial charge in [0, 0.05) is 18.5 Å². The fourth-order valence-corrected chi connectivity index (χ4v) is 3.89. The summed E-state index contributed by atoms with van der Waals surface area (Å²) in [6, 6.07) is 16.1. The maximum atomic E-state index is 12.2. The van der Waals surface area contributed by atoms with Crippen molar-refractivity contribution in [2.45, 2.75) is 17.8 Å². The molecule has 122 valence electrons. The number of ether oxygens (including phenoxy) is 1. The van der Waals surface area contributed by atoms with E-state index in [9.17, 15) is 13.5 Å². The molecule has 1 heterocycles. The van der Waals surface area contributed by atoms with Crippen LogP contribution in [0.15, 0.2) is 54.6 Å². The summed E-state index contributed by atoms with van der Waals surface area (Å²) in [7, 11) is -3.53. The molecule has 6 heteroatoms. The van der Waals surface area contributed by atoms with Gasteiger partial charge in [-0.3, -0.25) is 0 Å². The highest BCUT2D eigenvalue weighted by molar-refractivity contribution is 7.88. The standard InChI is InChI=1S/C17H19NO4S/c19-17(10-11-22-16-9-5-4-8-15(16)17)13-18-23(20,21)12-14-6-2-1-3-7-14/h1-9,18-19H,10-13H2/t17-/m0/s1. The molecule has 0 saturated heterocycles. The zero-order valence-corrected chi connectivity index (χ0v) is 13.4. The summed E-state index contributed by atoms with van der Waals surface area (Å²) in [4.78, 5) is 0. The largest absolute Gasteiger partial charge is 0.493 e. The molecule has 0 spiro atoms. The van der Waals surface area contributed by atoms with Crippen LogP contribution in [0.1, 0.15) is 17.5 Å². The lowest BCUT2D eigenvalue weighted by atomic mass is 9.88. The molecule has 1 aliphatic rings. The molecule has 2 N–H and O–H groups in total. The van der Waals surface area contributed by atoms with Crippen molar-refractivity contribution in [3.63, 3.8) is 0 Å². The predicted octanol–water partition coefficient (Wildman–Crippen LogP) is 1.78. The van der Waals surface area contributed by atoms with Crippen LogP contribution >= 0.6 is 0 Å². The van der Waals surface area contributed by atoms with Gasteiger partial charge >= 0.3 is 0 Å². The van der Waals surface area contributed by atoms with Gasteiger partial charge < -0.3 is 9.84 Å². The van der Waals surface area contributed by atoms with Gasteiger partial charge in [-0.15, -0.1) is 0 Å². The summed E-state index contributed by atoms with van der Waals surface area (Å²) < 4.78 is 32.5. The molecule has 3 rings (SSSR count). The summed E-state index contributed by atoms with van der Waals surface area (Å²) in [5, 5.41) is 10.8. The van der Waals surface area contributed by atoms with Crippen LogP contribution < -0.4 is 9.46 Å². The molecule has 0 radical (unpaired) electrons. The van der Waals surface area contributed by atoms with Crippen molar-refractivity contribution < 1.29 is 18.3 Å². The van der Waals surface area contributed by atoms with E-state index in [4.69, 9.17) is 4.74 Å². The van der Waals surface area contributed by atoms with Crippen LogP contribution in [0, 0.1) is 0 Å². The third-order valence-electron chi connectivity index (χ3n) is 3.95. The van der Waals surface area contributed by atoms with E-state index in [-0.39, 0.29) is 12.3 Å². The second kappa shape index (κ2) is 6.31. The van der Waals surface area contributed by atoms with E-state index in [1.54, 1.807) is 42.5 Å². The third-order valence-corrected chi connectivity index (χ3v) is 5.24. The van der Waals surface area contributed by atoms with Crippen molar-refractivity contribution in [2.75, 3.05) is 13.2 Å². The van der Waals surface area contributed by atoms with Crippen molar-refractivity contribution in [3.05, 3.63) is 65.7 Å². The number of sulfonamides is 1. The second-order valence-electron chi connectivity index (χ2n) is 5.69. The van der Waals surface area contributed by atoms with Crippen molar-refractivity contribution in [1.82, 2.24) is 4.72 Å². The predicted molar refractivity (Wildman–Crippen MR) is 87.5 cm³/mol. The summed E-state index contributed by atoms with van der Waals surface area (Å²) >= 11 is 0. The van der Waals surface area contributed by atoms with Crippen molar-refractivity contribution in [3.8, 4) is 5.75 Å². The van der Waals surface area contributed by atoms with Crippen molar-refractivity contribution in [2.24, 2.45) is 0 Å². The molecule has 2 aromatic carbocycles. The number of para-hydroxylation sites is 1. The van der Waals surface area contributed by atoms with Crippen LogP contribution in [0.5, 0.6) is 5.75 Å². The molecule has 1 atom stereocenters. The Labute approximate surface area is 136 Å². The second-order valence-corrected chi connectivity index (χ2v) is 7.50. The van der Waals surface area contributed by atoms with E-state index in [2.05, 4.69) is 4.72 Å². The maximum Gasteiger partial charge on any atom is 0.215 e. The zero-order chi connectivity index (χ0) is 16.3. The van der Waals surface area contributed by atoms with Crippen LogP contribution in [0.4, 0.5) is 0 Å². The number of benzene rings is 2. The Balaban J connectivity index is 1.73. The molecule has 1 aliphatic heterocycles. The molecule has 2 aromatic rings. The van der Waals surface area contributed by atoms with Crippen LogP contribution in [-0.2, 0) is 21.4 Å². The van der Waals surface area contributed by atoms with E-state index in [0.29, 0.717) is 29.9 Å². The minimum absolute atomic E-state index is 0.0669. The molecule has 0 unspecified atom stereocenters. The first-order chi connectivity index (χ1) is 11.0. The summed E-state index contributed by atoms with van der Waals surface area (Å²) in [5.41, 5.74) is 0.0755. The Morgan fingerprint density at radius 3 is 2.57 bits per heavy atom. The fourth-order valence-electron chi connectivity index (χ4n) is 2.70. The number of rotatable bonds is 5. The SMILES string of the molecule is O=S(=O)(Cc1ccccc1)NC[C@@]1(O)CCOc2ccccc21. The van der Waals surface area contributed by atoms with E-state index in [1.807, 2.05) is 12.1 Å². The van der Waals surface area contributed by atoms with Gasteiger partial charge in [-0.1, -0.05) is 48.5 Å². The van der Waals surface area contributed by atoms with Gasteiger partial charge in [-0.05, 0) is 11.6 Å². The lowest BCUT2D eigenvalue weighted by Gasteiger charge is -2.34. The molecule has 0 bridgehead atoms. The first kappa shape index (κ1) is 16.0. The molecule has 0 aromatic heterocycles. The normalized spacial score (nSPS) is 20.6. The lowest BCUT2D eigenvalue weighted by Crippen LogP contribution is -2.44. The molecule has 23 heavy (non-hydrogen) atoms. The lowest BCUT2D eigenvalue weighted by molar-refractivity contribution is 0.00218. The summed E-state index contributed by atoms with van der Waals surface area (Å²) in [5.74, 6) is 0.491. The quantitative estimate of drug-likeness (QED) is 0.874. The molecule has 5 nitrogen and oxygen atoms in total. The Bertz CT molecular complexity index is 776. The molecular formula is C17H19NO4S. The van der Waals surface area contributed by atoms with Gasteiger partial charge in [0.05, 0.1) is 12.4 Å². The summed E-state index contributed by atoms with van der Waals surface area (Å²) in [6.07, 6.45) is 0.345. The van der Waals surface area contributed by atoms with Crippen LogP contribution in [0.25, 0.3) is 0 Å². The molecule has 0 fully saturated rings. The topological polar surface area (TPSA) is 75.6 Å². The van der Waals surface area contributed by atoms with Crippen molar-refractivity contribution in [1.29, 1.82) is 0 Å². The Morgan fingerprint density at radius 2 is 1.78 bits per heavy atom. The Morgan fingerprint density at radius 1 is 1.09 bits per heavy atom. The highest BCUT2D eigenvalue weighted by Gasteiger charge is 2.36. The highest BCUT2D eigenvalue weighted by atomic mass is 32.2. The van der Waals surface area contributed by atoms with E-state index >= 15 is 0 Å². The number of nitrogens with one attached hydrogen (secondary N) is 1. The first-order valence-corrected chi connectivity index (χ1v) is 9.10. The van der Waals surface area contributed by atoms with Gasteiger partial charge in [0.2, 0.25) is 10.0 Å². The molecular weight excluding hydrogens is 314 g/mol. The van der Waals surface area contributed by atoms with E-state index < -0.39 is 15.6 Å². The number of hydrogen-bond acceptors (Lipinski definition) is 4. The number of hydrogen-bond donors (Lipinski definition) is 2. The Kier molecular flexibility index (Phi) is 4.39. The van der Waals surface area contributed by atoms with Gasteiger partial charge in [-0.25, -0.2) is 13.1 Å². The monoisotopic (exact) mass is 333 g/mol. The Hall–Kier alpha value is -1.89. The van der Waals surface area contributed by atoms with Gasteiger partial charge in [0.25, 0.3) is 0 Å². The van der Waals surface area contributed by atoms with E-state index in [1.165, 1.54) is 0 Å². The average molecular weight is 333 g/mol. The zero-order valence-electron chi connectivity index (χ0n) is 12.6. The minimum Gasteiger partial charge on any atom is -0.493 e. The molecule has 0 amide bonds. The summed E-state index contributed by atoms with van der Waals surface area (Å²) in [6.45, 7) is 0.288. The van der Waals surface area contributed by atoms with Crippen LogP contribution in [-0.4, -0.2) is 26.7 Å². The van der Waals surface area contributed by atoms with E-state index in [0.717, 1.165) is 0 Å². The maximum absolute atomic E-state index is 12.2. The average Bonchev–Trinajstić information content (AvgIpc) is 2.54.